The van der Waals surface area contributed by atoms with Crippen molar-refractivity contribution in [2.75, 3.05) is 11.9 Å². The average Bonchev–Trinajstić information content (AvgIpc) is 2.66. The van der Waals surface area contributed by atoms with Gasteiger partial charge >= 0.3 is 11.4 Å². The second-order valence-electron chi connectivity index (χ2n) is 6.54. The number of aliphatic hydroxyl groups excluding tert-OH is 1. The lowest BCUT2D eigenvalue weighted by Gasteiger charge is -2.18. The molecule has 1 aromatic heterocycles. The van der Waals surface area contributed by atoms with E-state index in [0.717, 1.165) is 10.1 Å². The number of anilines is 1. The van der Waals surface area contributed by atoms with Gasteiger partial charge in [-0.15, -0.1) is 0 Å². The van der Waals surface area contributed by atoms with Crippen LogP contribution in [0.2, 0.25) is 5.02 Å². The summed E-state index contributed by atoms with van der Waals surface area (Å²) in [6.07, 6.45) is 3.60. The molecule has 0 aliphatic heterocycles. The Bertz CT molecular complexity index is 1040. The van der Waals surface area contributed by atoms with E-state index in [1.807, 2.05) is 0 Å². The number of nitrogens with zero attached hydrogens (tertiary/aromatic N) is 3. The molecule has 0 amide bonds. The monoisotopic (exact) mass is 406 g/mol. The van der Waals surface area contributed by atoms with E-state index in [9.17, 15) is 14.0 Å². The molecule has 0 saturated heterocycles. The Balaban J connectivity index is 2.04. The highest BCUT2D eigenvalue weighted by atomic mass is 35.5. The predicted molar refractivity (Wildman–Crippen MR) is 105 cm³/mol. The van der Waals surface area contributed by atoms with Crippen molar-refractivity contribution in [3.05, 3.63) is 79.5 Å². The minimum atomic E-state index is -0.789. The van der Waals surface area contributed by atoms with E-state index in [4.69, 9.17) is 16.7 Å². The number of aromatic nitrogens is 3. The minimum Gasteiger partial charge on any atom is -0.395 e. The fraction of sp³-hybridized carbons (Fsp3) is 0.316. The molecule has 1 aromatic carbocycles. The van der Waals surface area contributed by atoms with Gasteiger partial charge in [0.15, 0.2) is 0 Å². The van der Waals surface area contributed by atoms with Crippen LogP contribution in [0.4, 0.5) is 10.3 Å². The standard InChI is InChI=1S/C19H20ClFN4O3/c1-12-2-7-15(10-16(12)21)22-17-23-18(27)24(8-9-26)19(28)25(17)11-13-3-5-14(20)6-4-13/h3-7,10,12,26H,2,8-9,11H2,1H3,(H,22,23,27). The van der Waals surface area contributed by atoms with E-state index in [-0.39, 0.29) is 37.4 Å². The maximum Gasteiger partial charge on any atom is 0.355 e. The molecule has 0 saturated carbocycles. The van der Waals surface area contributed by atoms with E-state index in [0.29, 0.717) is 17.1 Å². The van der Waals surface area contributed by atoms with Crippen LogP contribution >= 0.6 is 11.6 Å². The Morgan fingerprint density at radius 3 is 2.64 bits per heavy atom. The number of nitrogens with one attached hydrogen (secondary N) is 1. The highest BCUT2D eigenvalue weighted by Gasteiger charge is 2.17. The number of aliphatic hydroxyl groups is 1. The Hall–Kier alpha value is -2.71. The summed E-state index contributed by atoms with van der Waals surface area (Å²) in [7, 11) is 0. The summed E-state index contributed by atoms with van der Waals surface area (Å²) < 4.78 is 16.0. The van der Waals surface area contributed by atoms with Gasteiger partial charge in [0.2, 0.25) is 5.95 Å². The van der Waals surface area contributed by atoms with E-state index in [1.165, 1.54) is 10.6 Å². The summed E-state index contributed by atoms with van der Waals surface area (Å²) in [6, 6.07) is 6.88. The summed E-state index contributed by atoms with van der Waals surface area (Å²) in [4.78, 5) is 29.0. The number of hydrogen-bond acceptors (Lipinski definition) is 5. The van der Waals surface area contributed by atoms with Gasteiger partial charge in [0.1, 0.15) is 5.83 Å². The molecule has 1 heterocycles. The highest BCUT2D eigenvalue weighted by molar-refractivity contribution is 6.30. The van der Waals surface area contributed by atoms with Crippen molar-refractivity contribution in [3.63, 3.8) is 0 Å². The number of benzene rings is 1. The molecule has 9 heteroatoms. The predicted octanol–water partition coefficient (Wildman–Crippen LogP) is 2.29. The number of allylic oxidation sites excluding steroid dienone is 3. The Kier molecular flexibility index (Phi) is 6.11. The summed E-state index contributed by atoms with van der Waals surface area (Å²) in [5.74, 6) is -0.499. The van der Waals surface area contributed by atoms with E-state index in [1.54, 1.807) is 37.3 Å². The summed E-state index contributed by atoms with van der Waals surface area (Å²) in [5.41, 5.74) is -0.228. The van der Waals surface area contributed by atoms with Crippen LogP contribution in [0.1, 0.15) is 18.9 Å². The number of rotatable bonds is 6. The molecular weight excluding hydrogens is 387 g/mol. The van der Waals surface area contributed by atoms with Crippen LogP contribution in [0.15, 0.2) is 57.5 Å². The third-order valence-electron chi connectivity index (χ3n) is 4.44. The minimum absolute atomic E-state index is 0.00370. The zero-order valence-electron chi connectivity index (χ0n) is 15.2. The van der Waals surface area contributed by atoms with Gasteiger partial charge in [0.25, 0.3) is 0 Å². The third kappa shape index (κ3) is 4.40. The van der Waals surface area contributed by atoms with Crippen molar-refractivity contribution in [1.29, 1.82) is 0 Å². The molecule has 148 valence electrons. The number of halogens is 2. The van der Waals surface area contributed by atoms with Crippen molar-refractivity contribution >= 4 is 17.5 Å². The van der Waals surface area contributed by atoms with Gasteiger partial charge in [-0.1, -0.05) is 36.7 Å². The van der Waals surface area contributed by atoms with Crippen LogP contribution in [0, 0.1) is 5.92 Å². The van der Waals surface area contributed by atoms with Gasteiger partial charge in [-0.05, 0) is 30.2 Å². The molecule has 3 rings (SSSR count). The van der Waals surface area contributed by atoms with Gasteiger partial charge in [0.05, 0.1) is 19.7 Å². The fourth-order valence-corrected chi connectivity index (χ4v) is 2.94. The van der Waals surface area contributed by atoms with Crippen molar-refractivity contribution in [1.82, 2.24) is 14.1 Å². The Morgan fingerprint density at radius 2 is 2.00 bits per heavy atom. The van der Waals surface area contributed by atoms with Crippen LogP contribution in [-0.4, -0.2) is 25.8 Å². The van der Waals surface area contributed by atoms with E-state index >= 15 is 0 Å². The summed E-state index contributed by atoms with van der Waals surface area (Å²) in [5, 5.41) is 12.6. The fourth-order valence-electron chi connectivity index (χ4n) is 2.81. The smallest absolute Gasteiger partial charge is 0.355 e. The van der Waals surface area contributed by atoms with Crippen molar-refractivity contribution in [2.45, 2.75) is 26.4 Å². The molecular formula is C19H20ClFN4O3. The second kappa shape index (κ2) is 8.53. The maximum atomic E-state index is 13.9. The quantitative estimate of drug-likeness (QED) is 0.768. The third-order valence-corrected chi connectivity index (χ3v) is 4.69. The molecule has 7 nitrogen and oxygen atoms in total. The van der Waals surface area contributed by atoms with Gasteiger partial charge in [-0.2, -0.15) is 4.98 Å². The van der Waals surface area contributed by atoms with E-state index in [2.05, 4.69) is 10.3 Å². The van der Waals surface area contributed by atoms with Crippen molar-refractivity contribution in [3.8, 4) is 0 Å². The number of hydrogen-bond donors (Lipinski definition) is 2. The Morgan fingerprint density at radius 1 is 1.29 bits per heavy atom. The topological polar surface area (TPSA) is 89.2 Å². The second-order valence-corrected chi connectivity index (χ2v) is 6.98. The van der Waals surface area contributed by atoms with Crippen LogP contribution in [0.25, 0.3) is 0 Å². The zero-order valence-corrected chi connectivity index (χ0v) is 16.0. The maximum absolute atomic E-state index is 13.9. The lowest BCUT2D eigenvalue weighted by Crippen LogP contribution is -2.43. The molecule has 28 heavy (non-hydrogen) atoms. The van der Waals surface area contributed by atoms with Crippen LogP contribution in [0.3, 0.4) is 0 Å². The molecule has 2 aromatic rings. The lowest BCUT2D eigenvalue weighted by atomic mass is 10.0. The van der Waals surface area contributed by atoms with Crippen LogP contribution in [0.5, 0.6) is 0 Å². The molecule has 0 bridgehead atoms. The first-order valence-electron chi connectivity index (χ1n) is 8.80. The van der Waals surface area contributed by atoms with Crippen molar-refractivity contribution < 1.29 is 9.50 Å². The summed E-state index contributed by atoms with van der Waals surface area (Å²) in [6.45, 7) is 1.35. The largest absolute Gasteiger partial charge is 0.395 e. The molecule has 2 N–H and O–H groups in total. The van der Waals surface area contributed by atoms with Gasteiger partial charge in [-0.25, -0.2) is 18.5 Å². The van der Waals surface area contributed by atoms with Crippen LogP contribution < -0.4 is 16.7 Å². The van der Waals surface area contributed by atoms with E-state index < -0.39 is 11.4 Å². The average molecular weight is 407 g/mol. The normalized spacial score (nSPS) is 16.5. The molecule has 1 atom stereocenters. The first-order valence-corrected chi connectivity index (χ1v) is 9.18. The van der Waals surface area contributed by atoms with Crippen molar-refractivity contribution in [2.24, 2.45) is 5.92 Å². The van der Waals surface area contributed by atoms with Gasteiger partial charge in [-0.3, -0.25) is 4.57 Å². The highest BCUT2D eigenvalue weighted by Crippen LogP contribution is 2.24. The molecule has 1 unspecified atom stereocenters. The zero-order chi connectivity index (χ0) is 20.3. The van der Waals surface area contributed by atoms with Gasteiger partial charge in [0, 0.05) is 16.6 Å². The van der Waals surface area contributed by atoms with Crippen LogP contribution in [-0.2, 0) is 13.1 Å². The Labute approximate surface area is 165 Å². The van der Waals surface area contributed by atoms with Gasteiger partial charge < -0.3 is 10.4 Å². The lowest BCUT2D eigenvalue weighted by molar-refractivity contribution is 0.268. The SMILES string of the molecule is CC1CC=C(Nc2nc(=O)n(CCO)c(=O)n2Cc2ccc(Cl)cc2)C=C1F. The molecule has 1 aliphatic rings. The molecule has 1 aliphatic carbocycles. The first-order chi connectivity index (χ1) is 13.4. The summed E-state index contributed by atoms with van der Waals surface area (Å²) >= 11 is 5.90. The molecule has 0 spiro atoms. The first kappa shape index (κ1) is 20.0. The molecule has 0 fully saturated rings. The molecule has 0 radical (unpaired) electrons.